The van der Waals surface area contributed by atoms with Crippen molar-refractivity contribution < 1.29 is 18.7 Å². The molecule has 3 rings (SSSR count). The Hall–Kier alpha value is -2.89. The van der Waals surface area contributed by atoms with Gasteiger partial charge in [-0.15, -0.1) is 0 Å². The smallest absolute Gasteiger partial charge is 0.229 e. The number of nitrogens with zero attached hydrogens (tertiary/aromatic N) is 1. The number of hydrogen-bond donors (Lipinski definition) is 1. The Morgan fingerprint density at radius 2 is 2.08 bits per heavy atom. The predicted octanol–water partition coefficient (Wildman–Crippen LogP) is 3.52. The zero-order valence-corrected chi connectivity index (χ0v) is 14.8. The van der Waals surface area contributed by atoms with E-state index in [0.29, 0.717) is 29.3 Å². The maximum Gasteiger partial charge on any atom is 0.229 e. The highest BCUT2D eigenvalue weighted by molar-refractivity contribution is 6.04. The standard InChI is InChI=1S/C20H21FN2O3/c1-3-26-18-7-5-4-6-17(18)23-12-14(10-19(23)24)20(25)22-15-9-8-13(2)16(21)11-15/h4-9,11,14H,3,10,12H2,1-2H3,(H,22,25). The highest BCUT2D eigenvalue weighted by atomic mass is 19.1. The number of para-hydroxylation sites is 2. The minimum atomic E-state index is -0.499. The van der Waals surface area contributed by atoms with Crippen LogP contribution in [0.5, 0.6) is 5.75 Å². The molecule has 5 nitrogen and oxygen atoms in total. The fraction of sp³-hybridized carbons (Fsp3) is 0.300. The van der Waals surface area contributed by atoms with Crippen LogP contribution in [0.3, 0.4) is 0 Å². The van der Waals surface area contributed by atoms with Gasteiger partial charge < -0.3 is 15.0 Å². The first-order valence-electron chi connectivity index (χ1n) is 8.58. The van der Waals surface area contributed by atoms with E-state index in [-0.39, 0.29) is 30.6 Å². The van der Waals surface area contributed by atoms with Gasteiger partial charge in [0.15, 0.2) is 0 Å². The number of carbonyl (C=O) groups is 2. The molecule has 1 aliphatic rings. The summed E-state index contributed by atoms with van der Waals surface area (Å²) >= 11 is 0. The average Bonchev–Trinajstić information content (AvgIpc) is 3.01. The highest BCUT2D eigenvalue weighted by Crippen LogP contribution is 2.33. The fourth-order valence-electron chi connectivity index (χ4n) is 2.99. The molecule has 1 saturated heterocycles. The molecule has 0 saturated carbocycles. The monoisotopic (exact) mass is 356 g/mol. The average molecular weight is 356 g/mol. The molecular weight excluding hydrogens is 335 g/mol. The first-order chi connectivity index (χ1) is 12.5. The maximum absolute atomic E-state index is 13.6. The number of aryl methyl sites for hydroxylation is 1. The van der Waals surface area contributed by atoms with E-state index in [2.05, 4.69) is 5.32 Å². The molecule has 2 aromatic carbocycles. The molecule has 26 heavy (non-hydrogen) atoms. The van der Waals surface area contributed by atoms with Crippen LogP contribution in [0.25, 0.3) is 0 Å². The van der Waals surface area contributed by atoms with Gasteiger partial charge in [0, 0.05) is 18.7 Å². The van der Waals surface area contributed by atoms with Gasteiger partial charge in [-0.05, 0) is 43.7 Å². The molecule has 2 aromatic rings. The van der Waals surface area contributed by atoms with Crippen LogP contribution in [0.1, 0.15) is 18.9 Å². The van der Waals surface area contributed by atoms with Crippen molar-refractivity contribution in [1.82, 2.24) is 0 Å². The molecular formula is C20H21FN2O3. The van der Waals surface area contributed by atoms with Crippen LogP contribution < -0.4 is 15.0 Å². The molecule has 0 bridgehead atoms. The molecule has 1 fully saturated rings. The Bertz CT molecular complexity index is 838. The number of ether oxygens (including phenoxy) is 1. The van der Waals surface area contributed by atoms with Crippen LogP contribution in [0.4, 0.5) is 15.8 Å². The van der Waals surface area contributed by atoms with E-state index in [9.17, 15) is 14.0 Å². The Morgan fingerprint density at radius 1 is 1.31 bits per heavy atom. The quantitative estimate of drug-likeness (QED) is 0.892. The molecule has 1 heterocycles. The Balaban J connectivity index is 1.73. The molecule has 2 amide bonds. The molecule has 0 aromatic heterocycles. The second-order valence-electron chi connectivity index (χ2n) is 6.26. The molecule has 6 heteroatoms. The maximum atomic E-state index is 13.6. The SMILES string of the molecule is CCOc1ccccc1N1CC(C(=O)Nc2ccc(C)c(F)c2)CC1=O. The van der Waals surface area contributed by atoms with Gasteiger partial charge in [0.05, 0.1) is 18.2 Å². The van der Waals surface area contributed by atoms with Gasteiger partial charge in [-0.25, -0.2) is 4.39 Å². The van der Waals surface area contributed by atoms with Gasteiger partial charge in [-0.3, -0.25) is 9.59 Å². The van der Waals surface area contributed by atoms with Crippen molar-refractivity contribution in [2.45, 2.75) is 20.3 Å². The third-order valence-corrected chi connectivity index (χ3v) is 4.39. The summed E-state index contributed by atoms with van der Waals surface area (Å²) in [5.74, 6) is -0.686. The predicted molar refractivity (Wildman–Crippen MR) is 97.8 cm³/mol. The van der Waals surface area contributed by atoms with Crippen molar-refractivity contribution in [2.24, 2.45) is 5.92 Å². The number of rotatable bonds is 5. The summed E-state index contributed by atoms with van der Waals surface area (Å²) in [5, 5.41) is 2.70. The molecule has 1 atom stereocenters. The van der Waals surface area contributed by atoms with Gasteiger partial charge >= 0.3 is 0 Å². The van der Waals surface area contributed by atoms with Gasteiger partial charge in [0.25, 0.3) is 0 Å². The number of halogens is 1. The first kappa shape index (κ1) is 17.9. The molecule has 136 valence electrons. The van der Waals surface area contributed by atoms with Gasteiger partial charge in [0.2, 0.25) is 11.8 Å². The second kappa shape index (κ2) is 7.56. The van der Waals surface area contributed by atoms with Crippen molar-refractivity contribution in [3.8, 4) is 5.75 Å². The summed E-state index contributed by atoms with van der Waals surface area (Å²) in [4.78, 5) is 26.5. The highest BCUT2D eigenvalue weighted by Gasteiger charge is 2.36. The summed E-state index contributed by atoms with van der Waals surface area (Å²) in [5.41, 5.74) is 1.56. The zero-order valence-electron chi connectivity index (χ0n) is 14.8. The Morgan fingerprint density at radius 3 is 2.81 bits per heavy atom. The van der Waals surface area contributed by atoms with Gasteiger partial charge in [-0.1, -0.05) is 18.2 Å². The number of hydrogen-bond acceptors (Lipinski definition) is 3. The summed E-state index contributed by atoms with van der Waals surface area (Å²) in [7, 11) is 0. The number of amides is 2. The minimum absolute atomic E-state index is 0.112. The second-order valence-corrected chi connectivity index (χ2v) is 6.26. The van der Waals surface area contributed by atoms with Crippen LogP contribution in [-0.4, -0.2) is 25.0 Å². The normalized spacial score (nSPS) is 16.7. The summed E-state index contributed by atoms with van der Waals surface area (Å²) in [6.45, 7) is 4.29. The Labute approximate surface area is 151 Å². The van der Waals surface area contributed by atoms with E-state index in [4.69, 9.17) is 4.74 Å². The van der Waals surface area contributed by atoms with E-state index in [1.165, 1.54) is 6.07 Å². The molecule has 1 unspecified atom stereocenters. The van der Waals surface area contributed by atoms with Crippen molar-refractivity contribution in [3.63, 3.8) is 0 Å². The van der Waals surface area contributed by atoms with Crippen molar-refractivity contribution in [3.05, 3.63) is 53.8 Å². The van der Waals surface area contributed by atoms with Crippen molar-refractivity contribution >= 4 is 23.2 Å². The number of carbonyl (C=O) groups excluding carboxylic acids is 2. The first-order valence-corrected chi connectivity index (χ1v) is 8.58. The van der Waals surface area contributed by atoms with Crippen molar-refractivity contribution in [1.29, 1.82) is 0 Å². The molecule has 0 radical (unpaired) electrons. The lowest BCUT2D eigenvalue weighted by atomic mass is 10.1. The molecule has 1 N–H and O–H groups in total. The zero-order chi connectivity index (χ0) is 18.7. The van der Waals surface area contributed by atoms with Crippen molar-refractivity contribution in [2.75, 3.05) is 23.4 Å². The summed E-state index contributed by atoms with van der Waals surface area (Å²) in [6.07, 6.45) is 0.112. The van der Waals surface area contributed by atoms with E-state index in [0.717, 1.165) is 0 Å². The third kappa shape index (κ3) is 3.69. The van der Waals surface area contributed by atoms with E-state index in [1.54, 1.807) is 36.1 Å². The van der Waals surface area contributed by atoms with Gasteiger partial charge in [0.1, 0.15) is 11.6 Å². The molecule has 0 spiro atoms. The molecule has 1 aliphatic heterocycles. The van der Waals surface area contributed by atoms with Crippen LogP contribution in [-0.2, 0) is 9.59 Å². The fourth-order valence-corrected chi connectivity index (χ4v) is 2.99. The lowest BCUT2D eigenvalue weighted by Gasteiger charge is -2.20. The number of benzene rings is 2. The number of nitrogens with one attached hydrogen (secondary N) is 1. The minimum Gasteiger partial charge on any atom is -0.492 e. The Kier molecular flexibility index (Phi) is 5.21. The lowest BCUT2D eigenvalue weighted by molar-refractivity contribution is -0.122. The van der Waals surface area contributed by atoms with Gasteiger partial charge in [-0.2, -0.15) is 0 Å². The van der Waals surface area contributed by atoms with E-state index in [1.807, 2.05) is 19.1 Å². The topological polar surface area (TPSA) is 58.6 Å². The van der Waals surface area contributed by atoms with E-state index < -0.39 is 5.92 Å². The largest absolute Gasteiger partial charge is 0.492 e. The van der Waals surface area contributed by atoms with Crippen LogP contribution in [0.2, 0.25) is 0 Å². The molecule has 0 aliphatic carbocycles. The van der Waals surface area contributed by atoms with Crippen LogP contribution >= 0.6 is 0 Å². The summed E-state index contributed by atoms with van der Waals surface area (Å²) in [6, 6.07) is 11.8. The number of anilines is 2. The third-order valence-electron chi connectivity index (χ3n) is 4.39. The van der Waals surface area contributed by atoms with Crippen LogP contribution in [0, 0.1) is 18.7 Å². The van der Waals surface area contributed by atoms with Crippen LogP contribution in [0.15, 0.2) is 42.5 Å². The summed E-state index contributed by atoms with van der Waals surface area (Å²) < 4.78 is 19.2. The van der Waals surface area contributed by atoms with E-state index >= 15 is 0 Å². The lowest BCUT2D eigenvalue weighted by Crippen LogP contribution is -2.28.